The summed E-state index contributed by atoms with van der Waals surface area (Å²) in [4.78, 5) is 16.5. The monoisotopic (exact) mass is 398 g/mol. The number of anilines is 1. The van der Waals surface area contributed by atoms with Crippen molar-refractivity contribution < 1.29 is 17.6 Å². The van der Waals surface area contributed by atoms with Gasteiger partial charge in [-0.15, -0.1) is 0 Å². The van der Waals surface area contributed by atoms with Crippen molar-refractivity contribution in [1.29, 1.82) is 0 Å². The Bertz CT molecular complexity index is 1080. The van der Waals surface area contributed by atoms with Crippen molar-refractivity contribution in [2.24, 2.45) is 0 Å². The highest BCUT2D eigenvalue weighted by atomic mass is 35.5. The molecule has 0 atom stereocenters. The number of rotatable bonds is 4. The van der Waals surface area contributed by atoms with E-state index in [1.54, 1.807) is 24.3 Å². The highest BCUT2D eigenvalue weighted by Gasteiger charge is 2.23. The second-order valence-corrected chi connectivity index (χ2v) is 8.37. The van der Waals surface area contributed by atoms with E-state index < -0.39 is 15.7 Å². The number of nitrogens with zero attached hydrogens (tertiary/aromatic N) is 1. The van der Waals surface area contributed by atoms with Gasteiger partial charge in [-0.25, -0.2) is 13.4 Å². The first-order chi connectivity index (χ1) is 11.7. The van der Waals surface area contributed by atoms with E-state index in [9.17, 15) is 13.2 Å². The molecule has 0 radical (unpaired) electrons. The third-order valence-electron chi connectivity index (χ3n) is 3.36. The number of carbonyl (C=O) groups excluding carboxylic acids is 1. The largest absolute Gasteiger partial charge is 0.451 e. The molecule has 1 aromatic carbocycles. The Labute approximate surface area is 153 Å². The van der Waals surface area contributed by atoms with Crippen LogP contribution < -0.4 is 5.32 Å². The van der Waals surface area contributed by atoms with Crippen LogP contribution in [-0.2, 0) is 15.6 Å². The van der Waals surface area contributed by atoms with Crippen LogP contribution in [0.15, 0.2) is 40.9 Å². The molecular weight excluding hydrogens is 387 g/mol. The Morgan fingerprint density at radius 2 is 1.96 bits per heavy atom. The third-order valence-corrected chi connectivity index (χ3v) is 4.88. The zero-order chi connectivity index (χ0) is 18.2. The molecule has 0 fully saturated rings. The topological polar surface area (TPSA) is 89.3 Å². The fraction of sp³-hybridized carbons (Fsp3) is 0.125. The SMILES string of the molecule is CS(=O)(=O)Cc1c(C(=O)Nc2cc(Cl)c(Cl)cn2)oc2ccccc12. The van der Waals surface area contributed by atoms with Gasteiger partial charge in [0.15, 0.2) is 15.6 Å². The van der Waals surface area contributed by atoms with Crippen molar-refractivity contribution in [3.8, 4) is 0 Å². The lowest BCUT2D eigenvalue weighted by atomic mass is 10.1. The fourth-order valence-electron chi connectivity index (χ4n) is 2.34. The summed E-state index contributed by atoms with van der Waals surface area (Å²) in [5.74, 6) is -0.855. The maximum Gasteiger partial charge on any atom is 0.292 e. The lowest BCUT2D eigenvalue weighted by molar-refractivity contribution is 0.0997. The molecule has 6 nitrogen and oxygen atoms in total. The van der Waals surface area contributed by atoms with Crippen LogP contribution in [0.3, 0.4) is 0 Å². The molecule has 1 amide bonds. The number of halogens is 2. The number of pyridine rings is 1. The van der Waals surface area contributed by atoms with E-state index in [0.29, 0.717) is 16.5 Å². The van der Waals surface area contributed by atoms with Crippen molar-refractivity contribution in [1.82, 2.24) is 4.98 Å². The number of hydrogen-bond acceptors (Lipinski definition) is 5. The number of fused-ring (bicyclic) bond motifs is 1. The van der Waals surface area contributed by atoms with Crippen molar-refractivity contribution in [2.75, 3.05) is 11.6 Å². The number of furan rings is 1. The summed E-state index contributed by atoms with van der Waals surface area (Å²) < 4.78 is 29.0. The van der Waals surface area contributed by atoms with Gasteiger partial charge < -0.3 is 9.73 Å². The average Bonchev–Trinajstić information content (AvgIpc) is 2.88. The van der Waals surface area contributed by atoms with Crippen LogP contribution in [0.5, 0.6) is 0 Å². The second kappa shape index (κ2) is 6.67. The van der Waals surface area contributed by atoms with Gasteiger partial charge in [-0.05, 0) is 6.07 Å². The van der Waals surface area contributed by atoms with Crippen LogP contribution in [0.2, 0.25) is 10.0 Å². The normalized spacial score (nSPS) is 11.6. The molecule has 3 aromatic rings. The zero-order valence-corrected chi connectivity index (χ0v) is 15.2. The van der Waals surface area contributed by atoms with Crippen LogP contribution in [-0.4, -0.2) is 25.6 Å². The van der Waals surface area contributed by atoms with Gasteiger partial charge in [-0.2, -0.15) is 0 Å². The first-order valence-electron chi connectivity index (χ1n) is 7.05. The number of nitrogens with one attached hydrogen (secondary N) is 1. The van der Waals surface area contributed by atoms with Crippen LogP contribution in [0, 0.1) is 0 Å². The highest BCUT2D eigenvalue weighted by Crippen LogP contribution is 2.29. The van der Waals surface area contributed by atoms with Crippen LogP contribution in [0.4, 0.5) is 5.82 Å². The van der Waals surface area contributed by atoms with Gasteiger partial charge in [0.05, 0.1) is 15.8 Å². The van der Waals surface area contributed by atoms with Crippen molar-refractivity contribution in [2.45, 2.75) is 5.75 Å². The molecule has 9 heteroatoms. The molecule has 0 aliphatic carbocycles. The number of carbonyl (C=O) groups is 1. The van der Waals surface area contributed by atoms with Crippen LogP contribution in [0.1, 0.15) is 16.1 Å². The van der Waals surface area contributed by atoms with Crippen LogP contribution >= 0.6 is 23.2 Å². The van der Waals surface area contributed by atoms with Gasteiger partial charge in [0.2, 0.25) is 0 Å². The number of hydrogen-bond donors (Lipinski definition) is 1. The molecule has 0 aliphatic heterocycles. The summed E-state index contributed by atoms with van der Waals surface area (Å²) in [7, 11) is -3.37. The van der Waals surface area contributed by atoms with E-state index in [1.165, 1.54) is 12.3 Å². The average molecular weight is 399 g/mol. The second-order valence-electron chi connectivity index (χ2n) is 5.41. The molecule has 3 rings (SSSR count). The number of amides is 1. The van der Waals surface area contributed by atoms with Crippen molar-refractivity contribution in [3.63, 3.8) is 0 Å². The molecule has 0 saturated carbocycles. The van der Waals surface area contributed by atoms with Gasteiger partial charge in [0, 0.05) is 29.5 Å². The predicted octanol–water partition coefficient (Wildman–Crippen LogP) is 3.93. The van der Waals surface area contributed by atoms with E-state index in [2.05, 4.69) is 10.3 Å². The molecule has 2 heterocycles. The van der Waals surface area contributed by atoms with Gasteiger partial charge in [-0.3, -0.25) is 4.79 Å². The quantitative estimate of drug-likeness (QED) is 0.718. The van der Waals surface area contributed by atoms with Gasteiger partial charge in [-0.1, -0.05) is 41.4 Å². The molecule has 130 valence electrons. The Morgan fingerprint density at radius 1 is 1.24 bits per heavy atom. The third kappa shape index (κ3) is 3.95. The molecule has 2 aromatic heterocycles. The van der Waals surface area contributed by atoms with Gasteiger partial charge in [0.1, 0.15) is 11.4 Å². The number of sulfone groups is 1. The van der Waals surface area contributed by atoms with E-state index >= 15 is 0 Å². The van der Waals surface area contributed by atoms with Gasteiger partial charge >= 0.3 is 0 Å². The first kappa shape index (κ1) is 17.7. The van der Waals surface area contributed by atoms with E-state index in [0.717, 1.165) is 6.26 Å². The molecule has 25 heavy (non-hydrogen) atoms. The van der Waals surface area contributed by atoms with Crippen molar-refractivity contribution >= 4 is 55.7 Å². The molecule has 0 unspecified atom stereocenters. The molecule has 0 aliphatic rings. The molecule has 0 saturated heterocycles. The smallest absolute Gasteiger partial charge is 0.292 e. The van der Waals surface area contributed by atoms with E-state index in [4.69, 9.17) is 27.6 Å². The molecule has 0 bridgehead atoms. The summed E-state index contributed by atoms with van der Waals surface area (Å²) >= 11 is 11.7. The maximum absolute atomic E-state index is 12.6. The summed E-state index contributed by atoms with van der Waals surface area (Å²) in [6.45, 7) is 0. The highest BCUT2D eigenvalue weighted by molar-refractivity contribution is 7.89. The summed E-state index contributed by atoms with van der Waals surface area (Å²) in [5.41, 5.74) is 0.726. The molecule has 1 N–H and O–H groups in total. The Balaban J connectivity index is 2.03. The Hall–Kier alpha value is -2.09. The summed E-state index contributed by atoms with van der Waals surface area (Å²) in [6.07, 6.45) is 2.40. The zero-order valence-electron chi connectivity index (χ0n) is 12.9. The molecular formula is C16H12Cl2N2O4S. The van der Waals surface area contributed by atoms with Gasteiger partial charge in [0.25, 0.3) is 5.91 Å². The van der Waals surface area contributed by atoms with E-state index in [1.807, 2.05) is 0 Å². The lowest BCUT2D eigenvalue weighted by Gasteiger charge is -2.05. The Morgan fingerprint density at radius 3 is 2.64 bits per heavy atom. The lowest BCUT2D eigenvalue weighted by Crippen LogP contribution is -2.15. The molecule has 0 spiro atoms. The first-order valence-corrected chi connectivity index (χ1v) is 9.87. The summed E-state index contributed by atoms with van der Waals surface area (Å²) in [6, 6.07) is 8.23. The van der Waals surface area contributed by atoms with Crippen molar-refractivity contribution in [3.05, 3.63) is 57.9 Å². The standard InChI is InChI=1S/C16H12Cl2N2O4S/c1-25(22,23)8-10-9-4-2-3-5-13(9)24-15(10)16(21)20-14-6-11(17)12(18)7-19-14/h2-7H,8H2,1H3,(H,19,20,21). The predicted molar refractivity (Wildman–Crippen MR) is 97.0 cm³/mol. The number of benzene rings is 1. The number of para-hydroxylation sites is 1. The minimum absolute atomic E-state index is 0.0838. The maximum atomic E-state index is 12.6. The Kier molecular flexibility index (Phi) is 4.73. The fourth-order valence-corrected chi connectivity index (χ4v) is 3.41. The minimum Gasteiger partial charge on any atom is -0.451 e. The van der Waals surface area contributed by atoms with E-state index in [-0.39, 0.29) is 27.4 Å². The number of aromatic nitrogens is 1. The minimum atomic E-state index is -3.37. The summed E-state index contributed by atoms with van der Waals surface area (Å²) in [5, 5.41) is 3.58. The van der Waals surface area contributed by atoms with Crippen LogP contribution in [0.25, 0.3) is 11.0 Å².